The van der Waals surface area contributed by atoms with Crippen LogP contribution >= 0.6 is 0 Å². The molecule has 0 radical (unpaired) electrons. The van der Waals surface area contributed by atoms with Crippen molar-refractivity contribution in [3.63, 3.8) is 0 Å². The van der Waals surface area contributed by atoms with Gasteiger partial charge in [-0.15, -0.1) is 0 Å². The standard InChI is InChI=1S/C24H21N/c1-16-8-6-9-17(2)23(16)24-18(3)10-7-12-20(24)22-15-14-19-11-4-5-13-21(19)25-22/h4-15H,1-3H3. The summed E-state index contributed by atoms with van der Waals surface area (Å²) in [6.45, 7) is 6.56. The Balaban J connectivity index is 2.01. The molecule has 0 aliphatic heterocycles. The molecule has 1 heterocycles. The van der Waals surface area contributed by atoms with Crippen LogP contribution in [0.5, 0.6) is 0 Å². The molecule has 0 saturated carbocycles. The predicted molar refractivity (Wildman–Crippen MR) is 107 cm³/mol. The zero-order chi connectivity index (χ0) is 17.4. The second kappa shape index (κ2) is 6.18. The van der Waals surface area contributed by atoms with E-state index in [0.717, 1.165) is 11.2 Å². The molecule has 4 rings (SSSR count). The highest BCUT2D eigenvalue weighted by atomic mass is 14.7. The molecule has 0 aliphatic carbocycles. The summed E-state index contributed by atoms with van der Waals surface area (Å²) in [7, 11) is 0. The highest BCUT2D eigenvalue weighted by molar-refractivity contribution is 5.89. The molecule has 0 saturated heterocycles. The van der Waals surface area contributed by atoms with Crippen molar-refractivity contribution in [2.45, 2.75) is 20.8 Å². The maximum Gasteiger partial charge on any atom is 0.0716 e. The third kappa shape index (κ3) is 2.72. The summed E-state index contributed by atoms with van der Waals surface area (Å²) in [5.41, 5.74) is 9.76. The summed E-state index contributed by atoms with van der Waals surface area (Å²) >= 11 is 0. The van der Waals surface area contributed by atoms with Gasteiger partial charge in [-0.3, -0.25) is 0 Å². The monoisotopic (exact) mass is 323 g/mol. The lowest BCUT2D eigenvalue weighted by atomic mass is 9.88. The van der Waals surface area contributed by atoms with E-state index in [9.17, 15) is 0 Å². The number of nitrogens with zero attached hydrogens (tertiary/aromatic N) is 1. The second-order valence-electron chi connectivity index (χ2n) is 6.65. The van der Waals surface area contributed by atoms with Crippen LogP contribution in [0.15, 0.2) is 72.8 Å². The summed E-state index contributed by atoms with van der Waals surface area (Å²) in [6, 6.07) is 25.6. The predicted octanol–water partition coefficient (Wildman–Crippen LogP) is 6.49. The average Bonchev–Trinajstić information content (AvgIpc) is 2.62. The molecular formula is C24H21N. The van der Waals surface area contributed by atoms with Gasteiger partial charge in [0.05, 0.1) is 11.2 Å². The first-order chi connectivity index (χ1) is 12.1. The summed E-state index contributed by atoms with van der Waals surface area (Å²) in [5.74, 6) is 0. The lowest BCUT2D eigenvalue weighted by Crippen LogP contribution is -1.95. The normalized spacial score (nSPS) is 11.0. The molecule has 0 spiro atoms. The molecule has 0 amide bonds. The topological polar surface area (TPSA) is 12.9 Å². The molecule has 3 aromatic carbocycles. The van der Waals surface area contributed by atoms with E-state index in [4.69, 9.17) is 4.98 Å². The van der Waals surface area contributed by atoms with Gasteiger partial charge in [0.2, 0.25) is 0 Å². The molecule has 25 heavy (non-hydrogen) atoms. The van der Waals surface area contributed by atoms with Crippen molar-refractivity contribution >= 4 is 10.9 Å². The fourth-order valence-electron chi connectivity index (χ4n) is 3.64. The van der Waals surface area contributed by atoms with Gasteiger partial charge < -0.3 is 0 Å². The quantitative estimate of drug-likeness (QED) is 0.410. The number of benzene rings is 3. The van der Waals surface area contributed by atoms with Crippen LogP contribution in [0.4, 0.5) is 0 Å². The van der Waals surface area contributed by atoms with E-state index in [2.05, 4.69) is 87.5 Å². The molecule has 1 heteroatoms. The maximum atomic E-state index is 4.93. The zero-order valence-electron chi connectivity index (χ0n) is 14.9. The van der Waals surface area contributed by atoms with Crippen LogP contribution in [0.3, 0.4) is 0 Å². The van der Waals surface area contributed by atoms with Crippen LogP contribution < -0.4 is 0 Å². The fourth-order valence-corrected chi connectivity index (χ4v) is 3.64. The van der Waals surface area contributed by atoms with Crippen molar-refractivity contribution < 1.29 is 0 Å². The third-order valence-electron chi connectivity index (χ3n) is 4.88. The van der Waals surface area contributed by atoms with Gasteiger partial charge in [-0.25, -0.2) is 4.98 Å². The van der Waals surface area contributed by atoms with Crippen LogP contribution in [-0.4, -0.2) is 4.98 Å². The van der Waals surface area contributed by atoms with Gasteiger partial charge in [0.15, 0.2) is 0 Å². The maximum absolute atomic E-state index is 4.93. The number of aryl methyl sites for hydroxylation is 3. The fraction of sp³-hybridized carbons (Fsp3) is 0.125. The van der Waals surface area contributed by atoms with Gasteiger partial charge in [-0.2, -0.15) is 0 Å². The number of rotatable bonds is 2. The van der Waals surface area contributed by atoms with Crippen molar-refractivity contribution in [3.8, 4) is 22.4 Å². The van der Waals surface area contributed by atoms with Crippen LogP contribution in [0.1, 0.15) is 16.7 Å². The van der Waals surface area contributed by atoms with Gasteiger partial charge in [-0.1, -0.05) is 60.7 Å². The van der Waals surface area contributed by atoms with Gasteiger partial charge >= 0.3 is 0 Å². The number of fused-ring (bicyclic) bond motifs is 1. The molecular weight excluding hydrogens is 302 g/mol. The summed E-state index contributed by atoms with van der Waals surface area (Å²) in [4.78, 5) is 4.93. The molecule has 4 aromatic rings. The first-order valence-corrected chi connectivity index (χ1v) is 8.67. The van der Waals surface area contributed by atoms with Gasteiger partial charge in [0.25, 0.3) is 0 Å². The number of aromatic nitrogens is 1. The van der Waals surface area contributed by atoms with E-state index in [1.54, 1.807) is 0 Å². The van der Waals surface area contributed by atoms with Gasteiger partial charge in [0, 0.05) is 10.9 Å². The highest BCUT2D eigenvalue weighted by Crippen LogP contribution is 2.37. The average molecular weight is 323 g/mol. The molecule has 0 unspecified atom stereocenters. The van der Waals surface area contributed by atoms with Crippen LogP contribution in [0, 0.1) is 20.8 Å². The largest absolute Gasteiger partial charge is 0.248 e. The number of hydrogen-bond acceptors (Lipinski definition) is 1. The van der Waals surface area contributed by atoms with Crippen LogP contribution in [0.2, 0.25) is 0 Å². The molecule has 0 N–H and O–H groups in total. The highest BCUT2D eigenvalue weighted by Gasteiger charge is 2.15. The van der Waals surface area contributed by atoms with E-state index in [1.807, 2.05) is 6.07 Å². The number of hydrogen-bond donors (Lipinski definition) is 0. The third-order valence-corrected chi connectivity index (χ3v) is 4.88. The van der Waals surface area contributed by atoms with E-state index in [0.29, 0.717) is 0 Å². The minimum absolute atomic E-state index is 1.03. The Morgan fingerprint density at radius 2 is 1.20 bits per heavy atom. The SMILES string of the molecule is Cc1cccc(C)c1-c1c(C)cccc1-c1ccc2ccccc2n1. The van der Waals surface area contributed by atoms with Crippen molar-refractivity contribution in [2.24, 2.45) is 0 Å². The van der Waals surface area contributed by atoms with Gasteiger partial charge in [0.1, 0.15) is 0 Å². The Bertz CT molecular complexity index is 1060. The smallest absolute Gasteiger partial charge is 0.0716 e. The molecule has 1 aromatic heterocycles. The van der Waals surface area contributed by atoms with Crippen molar-refractivity contribution in [1.29, 1.82) is 0 Å². The van der Waals surface area contributed by atoms with E-state index in [1.165, 1.54) is 38.8 Å². The molecule has 0 aliphatic rings. The lowest BCUT2D eigenvalue weighted by Gasteiger charge is -2.17. The van der Waals surface area contributed by atoms with Crippen LogP contribution in [-0.2, 0) is 0 Å². The molecule has 0 bridgehead atoms. The molecule has 122 valence electrons. The van der Waals surface area contributed by atoms with E-state index < -0.39 is 0 Å². The minimum atomic E-state index is 1.03. The Morgan fingerprint density at radius 1 is 0.560 bits per heavy atom. The number of para-hydroxylation sites is 1. The summed E-state index contributed by atoms with van der Waals surface area (Å²) in [5, 5.41) is 1.17. The molecule has 0 fully saturated rings. The van der Waals surface area contributed by atoms with Gasteiger partial charge in [-0.05, 0) is 60.7 Å². The second-order valence-corrected chi connectivity index (χ2v) is 6.65. The lowest BCUT2D eigenvalue weighted by molar-refractivity contribution is 1.33. The minimum Gasteiger partial charge on any atom is -0.248 e. The Hall–Kier alpha value is -2.93. The number of pyridine rings is 1. The Kier molecular flexibility index (Phi) is 3.85. The van der Waals surface area contributed by atoms with E-state index >= 15 is 0 Å². The summed E-state index contributed by atoms with van der Waals surface area (Å²) in [6.07, 6.45) is 0. The Labute approximate surface area is 149 Å². The van der Waals surface area contributed by atoms with E-state index in [-0.39, 0.29) is 0 Å². The van der Waals surface area contributed by atoms with Crippen molar-refractivity contribution in [3.05, 3.63) is 89.5 Å². The Morgan fingerprint density at radius 3 is 1.96 bits per heavy atom. The summed E-state index contributed by atoms with van der Waals surface area (Å²) < 4.78 is 0. The first-order valence-electron chi connectivity index (χ1n) is 8.67. The molecule has 0 atom stereocenters. The zero-order valence-corrected chi connectivity index (χ0v) is 14.9. The van der Waals surface area contributed by atoms with Crippen LogP contribution in [0.25, 0.3) is 33.3 Å². The molecule has 1 nitrogen and oxygen atoms in total. The van der Waals surface area contributed by atoms with Crippen molar-refractivity contribution in [2.75, 3.05) is 0 Å². The van der Waals surface area contributed by atoms with Crippen molar-refractivity contribution in [1.82, 2.24) is 4.98 Å². The first kappa shape index (κ1) is 15.6.